The number of carbonyl (C=O) groups is 1. The number of carbonyl (C=O) groups excluding carboxylic acids is 1. The average Bonchev–Trinajstić information content (AvgIpc) is 2.45. The second-order valence-corrected chi connectivity index (χ2v) is 5.88. The molecule has 0 bridgehead atoms. The molecule has 0 aliphatic carbocycles. The number of carboxylic acids is 1. The number of aliphatic hydroxyl groups is 1. The van der Waals surface area contributed by atoms with Crippen LogP contribution in [-0.4, -0.2) is 17.2 Å². The smallest absolute Gasteiger partial charge is 0.0720 e. The highest BCUT2D eigenvalue weighted by Crippen LogP contribution is 2.11. The van der Waals surface area contributed by atoms with Gasteiger partial charge in [0, 0.05) is 5.97 Å². The van der Waals surface area contributed by atoms with E-state index in [0.717, 1.165) is 51.4 Å². The summed E-state index contributed by atoms with van der Waals surface area (Å²) in [7, 11) is 0. The molecule has 0 aliphatic rings. The Kier molecular flexibility index (Phi) is 14.9. The molecule has 0 fully saturated rings. The number of hydrogen-bond donors (Lipinski definition) is 1. The van der Waals surface area contributed by atoms with E-state index >= 15 is 0 Å². The van der Waals surface area contributed by atoms with Gasteiger partial charge in [-0.05, 0) is 32.1 Å². The van der Waals surface area contributed by atoms with Crippen molar-refractivity contribution >= 4 is 5.97 Å². The summed E-state index contributed by atoms with van der Waals surface area (Å²) in [4.78, 5) is 10.2. The molecule has 1 atom stereocenters. The Hall–Kier alpha value is -0.830. The molecule has 0 heterocycles. The van der Waals surface area contributed by atoms with E-state index in [1.807, 2.05) is 6.08 Å². The molecule has 0 saturated heterocycles. The molecule has 0 amide bonds. The van der Waals surface area contributed by atoms with E-state index in [1.54, 1.807) is 0 Å². The van der Waals surface area contributed by atoms with Crippen LogP contribution in [0.1, 0.15) is 90.4 Å². The van der Waals surface area contributed by atoms with E-state index in [4.69, 9.17) is 0 Å². The molecule has 3 heteroatoms. The van der Waals surface area contributed by atoms with E-state index in [-0.39, 0.29) is 12.5 Å². The molecule has 0 saturated carbocycles. The largest absolute Gasteiger partial charge is 0.550 e. The lowest BCUT2D eigenvalue weighted by molar-refractivity contribution is -0.305. The van der Waals surface area contributed by atoms with Crippen molar-refractivity contribution in [1.29, 1.82) is 0 Å². The molecule has 0 radical (unpaired) electrons. The standard InChI is InChI=1S/C18H34O3/c1-2-3-4-5-8-11-14-17(19)15-12-9-6-7-10-13-16-18(20)21/h11,14,17,19H,2-10,12-13,15-16H2,1H3,(H,20,21)/p-1/b14-11+. The quantitative estimate of drug-likeness (QED) is 0.370. The third kappa shape index (κ3) is 17.1. The van der Waals surface area contributed by atoms with Gasteiger partial charge in [-0.15, -0.1) is 0 Å². The maximum atomic E-state index is 10.2. The Balaban J connectivity index is 3.27. The van der Waals surface area contributed by atoms with Crippen molar-refractivity contribution in [3.63, 3.8) is 0 Å². The van der Waals surface area contributed by atoms with Gasteiger partial charge in [-0.2, -0.15) is 0 Å². The van der Waals surface area contributed by atoms with Crippen LogP contribution in [0.15, 0.2) is 12.2 Å². The fourth-order valence-electron chi connectivity index (χ4n) is 2.37. The average molecular weight is 297 g/mol. The molecule has 0 aromatic carbocycles. The maximum Gasteiger partial charge on any atom is 0.0720 e. The van der Waals surface area contributed by atoms with Gasteiger partial charge in [0.05, 0.1) is 6.10 Å². The first-order chi connectivity index (χ1) is 10.2. The predicted molar refractivity (Wildman–Crippen MR) is 85.8 cm³/mol. The molecular formula is C18H33O3-. The van der Waals surface area contributed by atoms with Crippen LogP contribution in [0.25, 0.3) is 0 Å². The van der Waals surface area contributed by atoms with Gasteiger partial charge in [-0.3, -0.25) is 0 Å². The lowest BCUT2D eigenvalue weighted by atomic mass is 10.1. The zero-order chi connectivity index (χ0) is 15.8. The lowest BCUT2D eigenvalue weighted by Gasteiger charge is -2.06. The SMILES string of the molecule is CCCCCC/C=C/C(O)CCCCCCCCC(=O)[O-]. The third-order valence-corrected chi connectivity index (χ3v) is 3.71. The highest BCUT2D eigenvalue weighted by molar-refractivity contribution is 5.63. The third-order valence-electron chi connectivity index (χ3n) is 3.71. The first-order valence-electron chi connectivity index (χ1n) is 8.71. The van der Waals surface area contributed by atoms with E-state index in [9.17, 15) is 15.0 Å². The molecule has 0 aromatic rings. The number of aliphatic carboxylic acids is 1. The number of unbranched alkanes of at least 4 members (excludes halogenated alkanes) is 9. The Morgan fingerprint density at radius 3 is 2.29 bits per heavy atom. The monoisotopic (exact) mass is 297 g/mol. The molecule has 0 aliphatic heterocycles. The summed E-state index contributed by atoms with van der Waals surface area (Å²) >= 11 is 0. The second-order valence-electron chi connectivity index (χ2n) is 5.88. The molecule has 124 valence electrons. The second kappa shape index (κ2) is 15.6. The molecule has 1 N–H and O–H groups in total. The molecule has 0 aromatic heterocycles. The first kappa shape index (κ1) is 20.2. The van der Waals surface area contributed by atoms with Crippen molar-refractivity contribution in [2.24, 2.45) is 0 Å². The van der Waals surface area contributed by atoms with Crippen LogP contribution < -0.4 is 5.11 Å². The highest BCUT2D eigenvalue weighted by Gasteiger charge is 1.99. The van der Waals surface area contributed by atoms with Crippen LogP contribution in [0.2, 0.25) is 0 Å². The fraction of sp³-hybridized carbons (Fsp3) is 0.833. The molecule has 21 heavy (non-hydrogen) atoms. The number of allylic oxidation sites excluding steroid dienone is 1. The van der Waals surface area contributed by atoms with Gasteiger partial charge in [-0.25, -0.2) is 0 Å². The Morgan fingerprint density at radius 2 is 1.62 bits per heavy atom. The summed E-state index contributed by atoms with van der Waals surface area (Å²) in [6.45, 7) is 2.21. The van der Waals surface area contributed by atoms with Gasteiger partial charge in [0.15, 0.2) is 0 Å². The number of aliphatic hydroxyl groups excluding tert-OH is 1. The van der Waals surface area contributed by atoms with Crippen molar-refractivity contribution in [3.8, 4) is 0 Å². The van der Waals surface area contributed by atoms with Gasteiger partial charge in [0.1, 0.15) is 0 Å². The van der Waals surface area contributed by atoms with Crippen molar-refractivity contribution in [2.75, 3.05) is 0 Å². The normalized spacial score (nSPS) is 12.9. The highest BCUT2D eigenvalue weighted by atomic mass is 16.4. The van der Waals surface area contributed by atoms with E-state index < -0.39 is 5.97 Å². The van der Waals surface area contributed by atoms with E-state index in [1.165, 1.54) is 25.7 Å². The Bertz CT molecular complexity index is 261. The number of hydrogen-bond acceptors (Lipinski definition) is 3. The van der Waals surface area contributed by atoms with Crippen LogP contribution in [0.3, 0.4) is 0 Å². The van der Waals surface area contributed by atoms with E-state index in [2.05, 4.69) is 13.0 Å². The number of carboxylic acid groups (broad SMARTS) is 1. The predicted octanol–water partition coefficient (Wildman–Crippen LogP) is 3.74. The molecule has 1 unspecified atom stereocenters. The van der Waals surface area contributed by atoms with Crippen LogP contribution in [0.4, 0.5) is 0 Å². The molecule has 0 spiro atoms. The minimum absolute atomic E-state index is 0.182. The lowest BCUT2D eigenvalue weighted by Crippen LogP contribution is -2.21. The van der Waals surface area contributed by atoms with E-state index in [0.29, 0.717) is 0 Å². The van der Waals surface area contributed by atoms with Gasteiger partial charge >= 0.3 is 0 Å². The van der Waals surface area contributed by atoms with Gasteiger partial charge in [0.25, 0.3) is 0 Å². The summed E-state index contributed by atoms with van der Waals surface area (Å²) in [5.74, 6) is -0.945. The maximum absolute atomic E-state index is 10.2. The van der Waals surface area contributed by atoms with Crippen molar-refractivity contribution < 1.29 is 15.0 Å². The van der Waals surface area contributed by atoms with Gasteiger partial charge in [0.2, 0.25) is 0 Å². The fourth-order valence-corrected chi connectivity index (χ4v) is 2.37. The summed E-state index contributed by atoms with van der Waals surface area (Å²) in [5.41, 5.74) is 0. The Labute approximate surface area is 130 Å². The van der Waals surface area contributed by atoms with Crippen LogP contribution in [0.5, 0.6) is 0 Å². The molecule has 3 nitrogen and oxygen atoms in total. The molecule has 0 rings (SSSR count). The summed E-state index contributed by atoms with van der Waals surface area (Å²) in [6.07, 6.45) is 17.0. The summed E-state index contributed by atoms with van der Waals surface area (Å²) < 4.78 is 0. The van der Waals surface area contributed by atoms with Crippen LogP contribution in [-0.2, 0) is 4.79 Å². The minimum Gasteiger partial charge on any atom is -0.550 e. The van der Waals surface area contributed by atoms with Crippen LogP contribution in [0, 0.1) is 0 Å². The first-order valence-corrected chi connectivity index (χ1v) is 8.71. The zero-order valence-corrected chi connectivity index (χ0v) is 13.7. The van der Waals surface area contributed by atoms with Crippen LogP contribution >= 0.6 is 0 Å². The number of rotatable bonds is 15. The summed E-state index contributed by atoms with van der Waals surface area (Å²) in [6, 6.07) is 0. The van der Waals surface area contributed by atoms with Gasteiger partial charge < -0.3 is 15.0 Å². The van der Waals surface area contributed by atoms with Crippen molar-refractivity contribution in [1.82, 2.24) is 0 Å². The van der Waals surface area contributed by atoms with Gasteiger partial charge in [-0.1, -0.05) is 70.4 Å². The topological polar surface area (TPSA) is 60.4 Å². The molecular weight excluding hydrogens is 264 g/mol. The Morgan fingerprint density at radius 1 is 1.00 bits per heavy atom. The summed E-state index contributed by atoms with van der Waals surface area (Å²) in [5, 5.41) is 20.0. The van der Waals surface area contributed by atoms with Crippen molar-refractivity contribution in [2.45, 2.75) is 96.5 Å². The zero-order valence-electron chi connectivity index (χ0n) is 13.7. The minimum atomic E-state index is -0.945. The van der Waals surface area contributed by atoms with Crippen molar-refractivity contribution in [3.05, 3.63) is 12.2 Å².